The molecule has 2 aromatic rings. The maximum atomic E-state index is 12.5. The first-order chi connectivity index (χ1) is 9.36. The number of alkyl halides is 3. The summed E-state index contributed by atoms with van der Waals surface area (Å²) in [5.74, 6) is -0.0911. The van der Waals surface area contributed by atoms with Crippen LogP contribution in [-0.2, 0) is 6.18 Å². The zero-order valence-corrected chi connectivity index (χ0v) is 11.4. The maximum absolute atomic E-state index is 12.5. The Kier molecular flexibility index (Phi) is 4.46. The van der Waals surface area contributed by atoms with E-state index in [1.807, 2.05) is 0 Å². The van der Waals surface area contributed by atoms with Gasteiger partial charge in [0.15, 0.2) is 5.69 Å². The molecule has 0 aromatic carbocycles. The number of nitrogens with zero attached hydrogens (tertiary/aromatic N) is 2. The van der Waals surface area contributed by atoms with Gasteiger partial charge in [-0.25, -0.2) is 9.97 Å². The van der Waals surface area contributed by atoms with Crippen LogP contribution in [0.25, 0.3) is 0 Å². The lowest BCUT2D eigenvalue weighted by molar-refractivity contribution is -0.141. The molecule has 0 fully saturated rings. The van der Waals surface area contributed by atoms with E-state index in [4.69, 9.17) is 11.6 Å². The molecule has 2 heterocycles. The summed E-state index contributed by atoms with van der Waals surface area (Å²) in [6, 6.07) is 2.47. The van der Waals surface area contributed by atoms with Crippen molar-refractivity contribution in [1.82, 2.24) is 9.97 Å². The highest BCUT2D eigenvalue weighted by Crippen LogP contribution is 2.29. The van der Waals surface area contributed by atoms with Crippen molar-refractivity contribution in [1.29, 1.82) is 0 Å². The second-order valence-corrected chi connectivity index (χ2v) is 4.98. The third-order valence-corrected chi connectivity index (χ3v) is 3.26. The van der Waals surface area contributed by atoms with Gasteiger partial charge in [-0.1, -0.05) is 0 Å². The molecule has 0 saturated carbocycles. The Morgan fingerprint density at radius 1 is 1.40 bits per heavy atom. The molecule has 4 nitrogen and oxygen atoms in total. The molecule has 1 atom stereocenters. The Morgan fingerprint density at radius 3 is 2.75 bits per heavy atom. The summed E-state index contributed by atoms with van der Waals surface area (Å²) >= 11 is 6.86. The largest absolute Gasteiger partial charge is 0.433 e. The number of hydrogen-bond donors (Lipinski definition) is 2. The van der Waals surface area contributed by atoms with Crippen molar-refractivity contribution in [3.63, 3.8) is 0 Å². The van der Waals surface area contributed by atoms with Crippen LogP contribution in [0.2, 0.25) is 5.28 Å². The van der Waals surface area contributed by atoms with Gasteiger partial charge in [0.1, 0.15) is 5.82 Å². The molecule has 0 spiro atoms. The number of aliphatic hydroxyl groups is 1. The number of thiophene rings is 1. The van der Waals surface area contributed by atoms with E-state index in [2.05, 4.69) is 15.3 Å². The Balaban J connectivity index is 2.08. The van der Waals surface area contributed by atoms with E-state index in [0.717, 1.165) is 6.07 Å². The van der Waals surface area contributed by atoms with Gasteiger partial charge >= 0.3 is 6.18 Å². The Hall–Kier alpha value is -1.38. The van der Waals surface area contributed by atoms with Crippen molar-refractivity contribution in [3.05, 3.63) is 39.4 Å². The second kappa shape index (κ2) is 5.94. The standard InChI is InChI=1S/C11H9ClF3N3OS/c12-10-17-8(11(13,14)15)3-9(18-10)16-4-7(19)6-1-2-20-5-6/h1-3,5,7,19H,4H2,(H,16,17,18). The lowest BCUT2D eigenvalue weighted by atomic mass is 10.2. The smallest absolute Gasteiger partial charge is 0.387 e. The predicted molar refractivity (Wildman–Crippen MR) is 69.8 cm³/mol. The number of halogens is 4. The number of anilines is 1. The highest BCUT2D eigenvalue weighted by molar-refractivity contribution is 7.07. The molecule has 0 aliphatic heterocycles. The minimum atomic E-state index is -4.60. The van der Waals surface area contributed by atoms with Gasteiger partial charge in [-0.05, 0) is 34.0 Å². The summed E-state index contributed by atoms with van der Waals surface area (Å²) in [5, 5.41) is 15.5. The zero-order valence-electron chi connectivity index (χ0n) is 9.86. The van der Waals surface area contributed by atoms with E-state index in [1.54, 1.807) is 16.8 Å². The molecule has 0 amide bonds. The number of rotatable bonds is 4. The quantitative estimate of drug-likeness (QED) is 0.847. The van der Waals surface area contributed by atoms with Crippen molar-refractivity contribution < 1.29 is 18.3 Å². The Bertz CT molecular complexity index is 577. The fraction of sp³-hybridized carbons (Fsp3) is 0.273. The summed E-state index contributed by atoms with van der Waals surface area (Å²) < 4.78 is 37.6. The lowest BCUT2D eigenvalue weighted by Crippen LogP contribution is -2.15. The van der Waals surface area contributed by atoms with E-state index in [-0.39, 0.29) is 12.4 Å². The van der Waals surface area contributed by atoms with E-state index >= 15 is 0 Å². The second-order valence-electron chi connectivity index (χ2n) is 3.86. The predicted octanol–water partition coefficient (Wildman–Crippen LogP) is 3.36. The van der Waals surface area contributed by atoms with Crippen LogP contribution in [-0.4, -0.2) is 21.6 Å². The van der Waals surface area contributed by atoms with Crippen LogP contribution in [0.4, 0.5) is 19.0 Å². The van der Waals surface area contributed by atoms with Crippen molar-refractivity contribution in [3.8, 4) is 0 Å². The van der Waals surface area contributed by atoms with Gasteiger partial charge in [0, 0.05) is 12.6 Å². The molecule has 0 radical (unpaired) electrons. The Morgan fingerprint density at radius 2 is 2.15 bits per heavy atom. The lowest BCUT2D eigenvalue weighted by Gasteiger charge is -2.12. The minimum Gasteiger partial charge on any atom is -0.387 e. The maximum Gasteiger partial charge on any atom is 0.433 e. The van der Waals surface area contributed by atoms with Crippen molar-refractivity contribution >= 4 is 28.8 Å². The third-order valence-electron chi connectivity index (χ3n) is 2.39. The van der Waals surface area contributed by atoms with Gasteiger partial charge in [0.05, 0.1) is 6.10 Å². The molecule has 0 aliphatic carbocycles. The summed E-state index contributed by atoms with van der Waals surface area (Å²) in [7, 11) is 0. The molecule has 2 aromatic heterocycles. The molecule has 0 saturated heterocycles. The van der Waals surface area contributed by atoms with Crippen LogP contribution in [0.5, 0.6) is 0 Å². The van der Waals surface area contributed by atoms with Crippen LogP contribution in [0.1, 0.15) is 17.4 Å². The highest BCUT2D eigenvalue weighted by atomic mass is 35.5. The van der Waals surface area contributed by atoms with Crippen LogP contribution in [0.3, 0.4) is 0 Å². The van der Waals surface area contributed by atoms with Crippen LogP contribution < -0.4 is 5.32 Å². The van der Waals surface area contributed by atoms with Crippen LogP contribution >= 0.6 is 22.9 Å². The third kappa shape index (κ3) is 3.81. The van der Waals surface area contributed by atoms with Gasteiger partial charge in [-0.2, -0.15) is 24.5 Å². The van der Waals surface area contributed by atoms with Gasteiger partial charge in [-0.3, -0.25) is 0 Å². The first-order valence-corrected chi connectivity index (χ1v) is 6.74. The SMILES string of the molecule is OC(CNc1cc(C(F)(F)F)nc(Cl)n1)c1ccsc1. The molecular formula is C11H9ClF3N3OS. The van der Waals surface area contributed by atoms with Crippen molar-refractivity contribution in [2.75, 3.05) is 11.9 Å². The van der Waals surface area contributed by atoms with E-state index in [1.165, 1.54) is 11.3 Å². The van der Waals surface area contributed by atoms with Crippen LogP contribution in [0.15, 0.2) is 22.9 Å². The molecule has 0 aliphatic rings. The number of hydrogen-bond acceptors (Lipinski definition) is 5. The topological polar surface area (TPSA) is 58.0 Å². The molecule has 9 heteroatoms. The van der Waals surface area contributed by atoms with E-state index < -0.39 is 23.3 Å². The van der Waals surface area contributed by atoms with Gasteiger partial charge < -0.3 is 10.4 Å². The molecular weight excluding hydrogens is 315 g/mol. The van der Waals surface area contributed by atoms with Gasteiger partial charge in [-0.15, -0.1) is 0 Å². The molecule has 20 heavy (non-hydrogen) atoms. The first-order valence-electron chi connectivity index (χ1n) is 5.42. The summed E-state index contributed by atoms with van der Waals surface area (Å²) in [6.07, 6.45) is -5.45. The molecule has 2 N–H and O–H groups in total. The molecule has 108 valence electrons. The Labute approximate surface area is 121 Å². The van der Waals surface area contributed by atoms with E-state index in [9.17, 15) is 18.3 Å². The van der Waals surface area contributed by atoms with Gasteiger partial charge in [0.2, 0.25) is 5.28 Å². The van der Waals surface area contributed by atoms with Crippen molar-refractivity contribution in [2.24, 2.45) is 0 Å². The molecule has 2 rings (SSSR count). The first kappa shape index (κ1) is 15.0. The van der Waals surface area contributed by atoms with E-state index in [0.29, 0.717) is 5.56 Å². The summed E-state index contributed by atoms with van der Waals surface area (Å²) in [4.78, 5) is 6.75. The van der Waals surface area contributed by atoms with Crippen LogP contribution in [0, 0.1) is 0 Å². The summed E-state index contributed by atoms with van der Waals surface area (Å²) in [6.45, 7) is 0.0153. The minimum absolute atomic E-state index is 0.0153. The number of aliphatic hydroxyl groups excluding tert-OH is 1. The molecule has 0 bridgehead atoms. The summed E-state index contributed by atoms with van der Waals surface area (Å²) in [5.41, 5.74) is -0.455. The average Bonchev–Trinajstić information content (AvgIpc) is 2.88. The number of nitrogens with one attached hydrogen (secondary N) is 1. The fourth-order valence-electron chi connectivity index (χ4n) is 1.44. The van der Waals surface area contributed by atoms with Crippen molar-refractivity contribution in [2.45, 2.75) is 12.3 Å². The zero-order chi connectivity index (χ0) is 14.8. The normalized spacial score (nSPS) is 13.2. The van der Waals surface area contributed by atoms with Gasteiger partial charge in [0.25, 0.3) is 0 Å². The average molecular weight is 324 g/mol. The molecule has 1 unspecified atom stereocenters. The fourth-order valence-corrected chi connectivity index (χ4v) is 2.33. The number of aromatic nitrogens is 2. The highest BCUT2D eigenvalue weighted by Gasteiger charge is 2.33. The monoisotopic (exact) mass is 323 g/mol.